The molecule has 1 saturated carbocycles. The number of nitrogens with one attached hydrogen (secondary N) is 2. The van der Waals surface area contributed by atoms with Gasteiger partial charge in [0.1, 0.15) is 17.8 Å². The minimum absolute atomic E-state index is 0.0772. The van der Waals surface area contributed by atoms with Gasteiger partial charge in [-0.3, -0.25) is 9.78 Å². The highest BCUT2D eigenvalue weighted by Crippen LogP contribution is 2.55. The number of aromatic nitrogens is 5. The molecule has 10 nitrogen and oxygen atoms in total. The Morgan fingerprint density at radius 2 is 1.76 bits per heavy atom. The van der Waals surface area contributed by atoms with Crippen LogP contribution in [0.15, 0.2) is 59.8 Å². The lowest BCUT2D eigenvalue weighted by atomic mass is 9.96. The molecule has 2 aromatic carbocycles. The molecular weight excluding hydrogens is 645 g/mol. The van der Waals surface area contributed by atoms with Gasteiger partial charge in [0.15, 0.2) is 5.54 Å². The summed E-state index contributed by atoms with van der Waals surface area (Å²) < 4.78 is 70.2. The smallest absolute Gasteiger partial charge is 0.383 e. The largest absolute Gasteiger partial charge is 0.413 e. The Labute approximate surface area is 276 Å². The van der Waals surface area contributed by atoms with Crippen LogP contribution < -0.4 is 16.2 Å². The van der Waals surface area contributed by atoms with E-state index >= 15 is 0 Å². The Balaban J connectivity index is 1.54. The maximum absolute atomic E-state index is 14.1. The average molecular weight is 676 g/mol. The number of benzene rings is 2. The van der Waals surface area contributed by atoms with Gasteiger partial charge in [-0.15, -0.1) is 5.10 Å². The van der Waals surface area contributed by atoms with E-state index < -0.39 is 36.3 Å². The molecule has 1 aliphatic rings. The van der Waals surface area contributed by atoms with E-state index in [9.17, 15) is 37.3 Å². The maximum Gasteiger partial charge on any atom is 0.413 e. The van der Waals surface area contributed by atoms with Gasteiger partial charge in [0, 0.05) is 35.4 Å². The molecule has 15 heteroatoms. The number of alkyl halides is 5. The molecule has 252 valence electrons. The van der Waals surface area contributed by atoms with Gasteiger partial charge in [-0.25, -0.2) is 13.5 Å². The predicted molar refractivity (Wildman–Crippen MR) is 172 cm³/mol. The molecule has 0 saturated heterocycles. The molecule has 6 rings (SSSR count). The normalized spacial score (nSPS) is 14.8. The lowest BCUT2D eigenvalue weighted by Crippen LogP contribution is -2.35. The highest BCUT2D eigenvalue weighted by atomic mass is 19.4. The number of hydrogen-bond acceptors (Lipinski definition) is 8. The van der Waals surface area contributed by atoms with Crippen molar-refractivity contribution in [3.63, 3.8) is 0 Å². The summed E-state index contributed by atoms with van der Waals surface area (Å²) in [4.78, 5) is 17.6. The van der Waals surface area contributed by atoms with E-state index in [1.54, 1.807) is 18.2 Å². The van der Waals surface area contributed by atoms with Crippen molar-refractivity contribution in [2.45, 2.75) is 64.3 Å². The number of nitriles is 2. The summed E-state index contributed by atoms with van der Waals surface area (Å²) in [6.07, 6.45) is -3.84. The minimum Gasteiger partial charge on any atom is -0.383 e. The van der Waals surface area contributed by atoms with E-state index in [4.69, 9.17) is 0 Å². The molecule has 0 aliphatic heterocycles. The second kappa shape index (κ2) is 12.1. The zero-order valence-corrected chi connectivity index (χ0v) is 26.6. The van der Waals surface area contributed by atoms with Crippen LogP contribution in [0.2, 0.25) is 0 Å². The van der Waals surface area contributed by atoms with Crippen molar-refractivity contribution in [2.75, 3.05) is 17.2 Å². The van der Waals surface area contributed by atoms with Crippen LogP contribution in [-0.2, 0) is 12.1 Å². The van der Waals surface area contributed by atoms with Gasteiger partial charge >= 0.3 is 6.18 Å². The first-order valence-electron chi connectivity index (χ1n) is 15.3. The van der Waals surface area contributed by atoms with Gasteiger partial charge in [-0.1, -0.05) is 38.1 Å². The highest BCUT2D eigenvalue weighted by molar-refractivity contribution is 5.99. The third kappa shape index (κ3) is 6.24. The Morgan fingerprint density at radius 1 is 1.02 bits per heavy atom. The molecule has 1 aliphatic carbocycles. The fourth-order valence-electron chi connectivity index (χ4n) is 5.84. The van der Waals surface area contributed by atoms with Gasteiger partial charge in [0.2, 0.25) is 0 Å². The van der Waals surface area contributed by atoms with Crippen LogP contribution in [0.1, 0.15) is 62.0 Å². The van der Waals surface area contributed by atoms with Gasteiger partial charge in [-0.2, -0.15) is 23.7 Å². The summed E-state index contributed by atoms with van der Waals surface area (Å²) in [5, 5.41) is 35.5. The van der Waals surface area contributed by atoms with Crippen molar-refractivity contribution in [3.05, 3.63) is 87.7 Å². The maximum atomic E-state index is 14.1. The highest BCUT2D eigenvalue weighted by Gasteiger charge is 2.66. The number of fused-ring (bicyclic) bond motifs is 2. The SMILES string of the molecule is CC(C)(C)CNc1c(C#N)cnc2c(C#N)cc(N[C@H](c3cn(C4(C(F)(F)F)CC4)nn3)c3cccc4c(=O)n(CC(F)F)ccc34)cc12. The van der Waals surface area contributed by atoms with Crippen LogP contribution in [0, 0.1) is 28.1 Å². The molecule has 2 N–H and O–H groups in total. The Bertz CT molecular complexity index is 2220. The molecule has 3 aromatic heterocycles. The van der Waals surface area contributed by atoms with E-state index in [1.165, 1.54) is 36.8 Å². The van der Waals surface area contributed by atoms with E-state index in [2.05, 4.69) is 38.1 Å². The minimum atomic E-state index is -4.57. The molecule has 0 spiro atoms. The summed E-state index contributed by atoms with van der Waals surface area (Å²) in [5.74, 6) is 0. The first-order valence-corrected chi connectivity index (χ1v) is 15.3. The standard InChI is InChI=1S/C34H30F5N9O/c1-32(2,3)18-43-29-20(14-41)15-42-28-19(13-40)11-21(12-25(28)29)44-30(26-16-48(46-45-26)33(8-9-33)34(37,38)39)23-5-4-6-24-22(23)7-10-47(31(24)49)17-27(35)36/h4-7,10-12,15-16,27,30,44H,8-9,17-18H2,1-3H3,(H,42,43)/t30-/m0/s1. The fraction of sp³-hybridized carbons (Fsp3) is 0.353. The second-order valence-electron chi connectivity index (χ2n) is 13.3. The summed E-state index contributed by atoms with van der Waals surface area (Å²) in [7, 11) is 0. The van der Waals surface area contributed by atoms with E-state index in [-0.39, 0.29) is 40.5 Å². The molecule has 3 heterocycles. The number of hydrogen-bond donors (Lipinski definition) is 2. The molecule has 1 atom stereocenters. The molecule has 0 radical (unpaired) electrons. The van der Waals surface area contributed by atoms with E-state index in [0.29, 0.717) is 39.8 Å². The third-order valence-electron chi connectivity index (χ3n) is 8.51. The van der Waals surface area contributed by atoms with Gasteiger partial charge < -0.3 is 15.2 Å². The quantitative estimate of drug-likeness (QED) is 0.162. The number of nitrogens with zero attached hydrogens (tertiary/aromatic N) is 7. The third-order valence-corrected chi connectivity index (χ3v) is 8.51. The summed E-state index contributed by atoms with van der Waals surface area (Å²) in [5.41, 5.74) is -1.03. The van der Waals surface area contributed by atoms with Crippen LogP contribution in [-0.4, -0.2) is 43.7 Å². The lowest BCUT2D eigenvalue weighted by molar-refractivity contribution is -0.182. The first-order chi connectivity index (χ1) is 23.2. The first kappa shape index (κ1) is 33.3. The summed E-state index contributed by atoms with van der Waals surface area (Å²) >= 11 is 0. The Morgan fingerprint density at radius 3 is 2.39 bits per heavy atom. The Hall–Kier alpha value is -5.57. The average Bonchev–Trinajstić information content (AvgIpc) is 3.73. The van der Waals surface area contributed by atoms with E-state index in [1.807, 2.05) is 20.8 Å². The summed E-state index contributed by atoms with van der Waals surface area (Å²) in [6, 6.07) is 12.6. The zero-order valence-electron chi connectivity index (χ0n) is 26.6. The summed E-state index contributed by atoms with van der Waals surface area (Å²) in [6.45, 7) is 5.70. The van der Waals surface area contributed by atoms with Crippen molar-refractivity contribution < 1.29 is 22.0 Å². The van der Waals surface area contributed by atoms with Crippen LogP contribution in [0.5, 0.6) is 0 Å². The van der Waals surface area contributed by atoms with Crippen molar-refractivity contribution in [2.24, 2.45) is 5.41 Å². The van der Waals surface area contributed by atoms with Crippen molar-refractivity contribution in [1.29, 1.82) is 10.5 Å². The van der Waals surface area contributed by atoms with Crippen LogP contribution >= 0.6 is 0 Å². The number of halogens is 5. The predicted octanol–water partition coefficient (Wildman–Crippen LogP) is 6.86. The molecule has 0 bridgehead atoms. The zero-order chi connectivity index (χ0) is 35.3. The number of pyridine rings is 2. The molecule has 5 aromatic rings. The monoisotopic (exact) mass is 675 g/mol. The van der Waals surface area contributed by atoms with Crippen LogP contribution in [0.25, 0.3) is 21.7 Å². The topological polar surface area (TPSA) is 137 Å². The van der Waals surface area contributed by atoms with Gasteiger partial charge in [0.05, 0.1) is 41.1 Å². The second-order valence-corrected chi connectivity index (χ2v) is 13.3. The Kier molecular flexibility index (Phi) is 8.26. The number of rotatable bonds is 9. The van der Waals surface area contributed by atoms with E-state index in [0.717, 1.165) is 9.25 Å². The number of anilines is 2. The lowest BCUT2D eigenvalue weighted by Gasteiger charge is -2.23. The molecule has 0 unspecified atom stereocenters. The fourth-order valence-corrected chi connectivity index (χ4v) is 5.84. The van der Waals surface area contributed by atoms with Crippen molar-refractivity contribution >= 4 is 33.1 Å². The molecule has 1 fully saturated rings. The van der Waals surface area contributed by atoms with Gasteiger partial charge in [0.25, 0.3) is 12.0 Å². The molecule has 0 amide bonds. The van der Waals surface area contributed by atoms with Crippen LogP contribution in [0.4, 0.5) is 33.3 Å². The molecular formula is C34H30F5N9O. The van der Waals surface area contributed by atoms with Crippen molar-refractivity contribution in [1.82, 2.24) is 24.5 Å². The van der Waals surface area contributed by atoms with Gasteiger partial charge in [-0.05, 0) is 53.5 Å². The van der Waals surface area contributed by atoms with Crippen LogP contribution in [0.3, 0.4) is 0 Å². The van der Waals surface area contributed by atoms with Crippen molar-refractivity contribution in [3.8, 4) is 12.1 Å². The molecule has 49 heavy (non-hydrogen) atoms.